The molecule has 1 aromatic rings. The van der Waals surface area contributed by atoms with Gasteiger partial charge in [-0.3, -0.25) is 9.59 Å². The van der Waals surface area contributed by atoms with Gasteiger partial charge in [0.25, 0.3) is 5.91 Å². The van der Waals surface area contributed by atoms with E-state index in [-0.39, 0.29) is 15.7 Å². The van der Waals surface area contributed by atoms with E-state index >= 15 is 0 Å². The topological polar surface area (TPSA) is 95.6 Å². The maximum atomic E-state index is 12.9. The predicted molar refractivity (Wildman–Crippen MR) is 102 cm³/mol. The molecule has 1 aliphatic rings. The number of rotatable bonds is 5. The summed E-state index contributed by atoms with van der Waals surface area (Å²) in [5.41, 5.74) is -0.415. The highest BCUT2D eigenvalue weighted by Crippen LogP contribution is 2.27. The fourth-order valence-corrected chi connectivity index (χ4v) is 5.54. The highest BCUT2D eigenvalue weighted by molar-refractivity contribution is 7.89. The van der Waals surface area contributed by atoms with Crippen molar-refractivity contribution < 1.29 is 18.0 Å². The number of amides is 2. The molecule has 9 heteroatoms. The third kappa shape index (κ3) is 5.05. The van der Waals surface area contributed by atoms with Crippen LogP contribution in [0.15, 0.2) is 16.3 Å². The zero-order valence-electron chi connectivity index (χ0n) is 15.7. The fourth-order valence-electron chi connectivity index (χ4n) is 2.72. The van der Waals surface area contributed by atoms with Crippen LogP contribution in [0.25, 0.3) is 0 Å². The Hall–Kier alpha value is -1.45. The molecule has 1 aromatic heterocycles. The largest absolute Gasteiger partial charge is 0.350 e. The minimum Gasteiger partial charge on any atom is -0.350 e. The first-order valence-corrected chi connectivity index (χ1v) is 11.0. The lowest BCUT2D eigenvalue weighted by atomic mass is 10.1. The number of thiophene rings is 1. The summed E-state index contributed by atoms with van der Waals surface area (Å²) in [7, 11) is -3.70. The Morgan fingerprint density at radius 1 is 1.19 bits per heavy atom. The molecule has 0 saturated carbocycles. The maximum absolute atomic E-state index is 12.9. The van der Waals surface area contributed by atoms with E-state index in [4.69, 9.17) is 0 Å². The average Bonchev–Trinajstić information content (AvgIpc) is 3.04. The van der Waals surface area contributed by atoms with Gasteiger partial charge in [-0.1, -0.05) is 6.42 Å². The Balaban J connectivity index is 2.14. The van der Waals surface area contributed by atoms with E-state index in [1.165, 1.54) is 10.4 Å². The third-order valence-electron chi connectivity index (χ3n) is 4.01. The molecule has 2 heterocycles. The summed E-state index contributed by atoms with van der Waals surface area (Å²) in [6.07, 6.45) is 2.67. The smallest absolute Gasteiger partial charge is 0.263 e. The first-order valence-electron chi connectivity index (χ1n) is 8.73. The van der Waals surface area contributed by atoms with Gasteiger partial charge in [0.1, 0.15) is 15.8 Å². The van der Waals surface area contributed by atoms with Crippen LogP contribution in [0.1, 0.15) is 56.6 Å². The van der Waals surface area contributed by atoms with Crippen molar-refractivity contribution in [1.82, 2.24) is 14.9 Å². The van der Waals surface area contributed by atoms with E-state index in [2.05, 4.69) is 10.6 Å². The number of carbonyl (C=O) groups is 2. The van der Waals surface area contributed by atoms with Crippen molar-refractivity contribution in [2.45, 2.75) is 63.4 Å². The summed E-state index contributed by atoms with van der Waals surface area (Å²) >= 11 is 1.07. The first kappa shape index (κ1) is 20.9. The van der Waals surface area contributed by atoms with Crippen LogP contribution in [-0.2, 0) is 14.8 Å². The van der Waals surface area contributed by atoms with E-state index in [1.807, 2.05) is 20.8 Å². The van der Waals surface area contributed by atoms with Crippen LogP contribution in [-0.4, -0.2) is 49.2 Å². The van der Waals surface area contributed by atoms with E-state index in [0.717, 1.165) is 30.6 Å². The van der Waals surface area contributed by atoms with Crippen molar-refractivity contribution in [1.29, 1.82) is 0 Å². The SMILES string of the molecule is CC(NC(=O)c1sccc1S(=O)(=O)N1CCCCC1)C(=O)NC(C)(C)C. The standard InChI is InChI=1S/C17H27N3O4S2/c1-12(15(21)19-17(2,3)4)18-16(22)14-13(8-11-25-14)26(23,24)20-9-6-5-7-10-20/h8,11-12H,5-7,9-10H2,1-4H3,(H,18,22)(H,19,21). The maximum Gasteiger partial charge on any atom is 0.263 e. The molecule has 0 radical (unpaired) electrons. The van der Waals surface area contributed by atoms with Gasteiger partial charge in [-0.05, 0) is 52.0 Å². The van der Waals surface area contributed by atoms with Gasteiger partial charge in [0.05, 0.1) is 0 Å². The van der Waals surface area contributed by atoms with Gasteiger partial charge in [0, 0.05) is 18.6 Å². The first-order chi connectivity index (χ1) is 12.0. The number of sulfonamides is 1. The number of nitrogens with one attached hydrogen (secondary N) is 2. The van der Waals surface area contributed by atoms with Crippen LogP contribution in [0.4, 0.5) is 0 Å². The van der Waals surface area contributed by atoms with Crippen LogP contribution in [0.2, 0.25) is 0 Å². The van der Waals surface area contributed by atoms with Gasteiger partial charge in [0.15, 0.2) is 0 Å². The van der Waals surface area contributed by atoms with Crippen molar-refractivity contribution in [3.63, 3.8) is 0 Å². The summed E-state index contributed by atoms with van der Waals surface area (Å²) in [4.78, 5) is 24.9. The third-order valence-corrected chi connectivity index (χ3v) is 6.99. The molecular weight excluding hydrogens is 374 g/mol. The Morgan fingerprint density at radius 3 is 2.38 bits per heavy atom. The molecule has 0 aliphatic carbocycles. The molecule has 0 aromatic carbocycles. The molecule has 7 nitrogen and oxygen atoms in total. The number of piperidine rings is 1. The molecule has 146 valence electrons. The molecule has 26 heavy (non-hydrogen) atoms. The molecule has 1 saturated heterocycles. The average molecular weight is 402 g/mol. The zero-order valence-corrected chi connectivity index (χ0v) is 17.3. The molecule has 1 atom stereocenters. The summed E-state index contributed by atoms with van der Waals surface area (Å²) < 4.78 is 27.1. The van der Waals surface area contributed by atoms with Crippen LogP contribution in [0.5, 0.6) is 0 Å². The lowest BCUT2D eigenvalue weighted by Crippen LogP contribution is -2.50. The molecule has 0 bridgehead atoms. The van der Waals surface area contributed by atoms with E-state index in [1.54, 1.807) is 12.3 Å². The lowest BCUT2D eigenvalue weighted by Gasteiger charge is -2.26. The highest BCUT2D eigenvalue weighted by Gasteiger charge is 2.32. The Kier molecular flexibility index (Phi) is 6.46. The second kappa shape index (κ2) is 8.06. The number of nitrogens with zero attached hydrogens (tertiary/aromatic N) is 1. The normalized spacial score (nSPS) is 17.5. The van der Waals surface area contributed by atoms with Crippen molar-refractivity contribution in [3.05, 3.63) is 16.3 Å². The molecule has 0 spiro atoms. The van der Waals surface area contributed by atoms with E-state index in [0.29, 0.717) is 13.1 Å². The minimum atomic E-state index is -3.70. The zero-order chi connectivity index (χ0) is 19.5. The van der Waals surface area contributed by atoms with Gasteiger partial charge < -0.3 is 10.6 Å². The number of hydrogen-bond acceptors (Lipinski definition) is 5. The molecular formula is C17H27N3O4S2. The van der Waals surface area contributed by atoms with Gasteiger partial charge in [-0.15, -0.1) is 11.3 Å². The lowest BCUT2D eigenvalue weighted by molar-refractivity contribution is -0.124. The summed E-state index contributed by atoms with van der Waals surface area (Å²) in [5, 5.41) is 6.97. The van der Waals surface area contributed by atoms with Crippen LogP contribution >= 0.6 is 11.3 Å². The highest BCUT2D eigenvalue weighted by atomic mass is 32.2. The van der Waals surface area contributed by atoms with Crippen molar-refractivity contribution in [2.24, 2.45) is 0 Å². The van der Waals surface area contributed by atoms with Crippen LogP contribution < -0.4 is 10.6 Å². The quantitative estimate of drug-likeness (QED) is 0.788. The van der Waals surface area contributed by atoms with Crippen LogP contribution in [0, 0.1) is 0 Å². The van der Waals surface area contributed by atoms with Gasteiger partial charge in [-0.25, -0.2) is 8.42 Å². The fraction of sp³-hybridized carbons (Fsp3) is 0.647. The second-order valence-electron chi connectivity index (χ2n) is 7.51. The van der Waals surface area contributed by atoms with E-state index < -0.39 is 27.5 Å². The second-order valence-corrected chi connectivity index (χ2v) is 10.3. The van der Waals surface area contributed by atoms with Gasteiger partial charge in [0.2, 0.25) is 15.9 Å². The van der Waals surface area contributed by atoms with Crippen molar-refractivity contribution in [3.8, 4) is 0 Å². The van der Waals surface area contributed by atoms with Crippen LogP contribution in [0.3, 0.4) is 0 Å². The van der Waals surface area contributed by atoms with Crippen molar-refractivity contribution in [2.75, 3.05) is 13.1 Å². The molecule has 2 rings (SSSR count). The Labute approximate surface area is 159 Å². The molecule has 1 aliphatic heterocycles. The monoisotopic (exact) mass is 401 g/mol. The Bertz CT molecular complexity index is 759. The summed E-state index contributed by atoms with van der Waals surface area (Å²) in [6, 6.07) is 0.693. The molecule has 1 fully saturated rings. The van der Waals surface area contributed by atoms with Gasteiger partial charge >= 0.3 is 0 Å². The summed E-state index contributed by atoms with van der Waals surface area (Å²) in [5.74, 6) is -0.866. The van der Waals surface area contributed by atoms with Gasteiger partial charge in [-0.2, -0.15) is 4.31 Å². The van der Waals surface area contributed by atoms with E-state index in [9.17, 15) is 18.0 Å². The summed E-state index contributed by atoms with van der Waals surface area (Å²) in [6.45, 7) is 8.07. The molecule has 2 N–H and O–H groups in total. The molecule has 1 unspecified atom stereocenters. The number of hydrogen-bond donors (Lipinski definition) is 2. The van der Waals surface area contributed by atoms with Crippen molar-refractivity contribution >= 4 is 33.2 Å². The molecule has 2 amide bonds. The minimum absolute atomic E-state index is 0.0188. The number of carbonyl (C=O) groups excluding carboxylic acids is 2. The Morgan fingerprint density at radius 2 is 1.81 bits per heavy atom. The predicted octanol–water partition coefficient (Wildman–Crippen LogP) is 1.96.